The Labute approximate surface area is 128 Å². The molecule has 0 heterocycles. The Morgan fingerprint density at radius 1 is 1.38 bits per heavy atom. The molecular weight excluding hydrogens is 302 g/mol. The molecule has 1 aromatic carbocycles. The van der Waals surface area contributed by atoms with Crippen LogP contribution in [0.25, 0.3) is 0 Å². The van der Waals surface area contributed by atoms with E-state index >= 15 is 0 Å². The molecule has 0 radical (unpaired) electrons. The normalized spacial score (nSPS) is 20.8. The summed E-state index contributed by atoms with van der Waals surface area (Å²) in [6.07, 6.45) is 3.04. The van der Waals surface area contributed by atoms with Gasteiger partial charge in [-0.25, -0.2) is 8.78 Å². The minimum absolute atomic E-state index is 0. The van der Waals surface area contributed by atoms with Gasteiger partial charge in [-0.2, -0.15) is 0 Å². The molecule has 1 fully saturated rings. The molecule has 1 aromatic rings. The average Bonchev–Trinajstić information content (AvgIpc) is 2.79. The Morgan fingerprint density at radius 3 is 2.67 bits per heavy atom. The van der Waals surface area contributed by atoms with E-state index in [1.54, 1.807) is 0 Å². The third-order valence-corrected chi connectivity index (χ3v) is 3.68. The number of nitrogens with one attached hydrogen (secondary N) is 1. The fraction of sp³-hybridized carbons (Fsp3) is 0.500. The van der Waals surface area contributed by atoms with Gasteiger partial charge in [0.25, 0.3) is 0 Å². The van der Waals surface area contributed by atoms with E-state index in [1.165, 1.54) is 7.11 Å². The predicted molar refractivity (Wildman–Crippen MR) is 78.7 cm³/mol. The number of ether oxygens (including phenoxy) is 1. The third kappa shape index (κ3) is 4.28. The zero-order valence-electron chi connectivity index (χ0n) is 11.7. The summed E-state index contributed by atoms with van der Waals surface area (Å²) in [5.41, 5.74) is 5.70. The van der Waals surface area contributed by atoms with Gasteiger partial charge in [0, 0.05) is 24.6 Å². The Hall–Kier alpha value is -1.40. The molecule has 0 spiro atoms. The molecule has 0 bridgehead atoms. The largest absolute Gasteiger partial charge is 0.494 e. The number of hydrogen-bond donors (Lipinski definition) is 2. The van der Waals surface area contributed by atoms with Gasteiger partial charge in [-0.15, -0.1) is 12.4 Å². The highest BCUT2D eigenvalue weighted by Gasteiger charge is 2.26. The molecule has 7 heteroatoms. The summed E-state index contributed by atoms with van der Waals surface area (Å²) in [4.78, 5) is 11.8. The number of benzene rings is 1. The Bertz CT molecular complexity index is 514. The quantitative estimate of drug-likeness (QED) is 0.896. The summed E-state index contributed by atoms with van der Waals surface area (Å²) in [5, 5.41) is 2.38. The molecule has 3 N–H and O–H groups in total. The number of halogens is 3. The van der Waals surface area contributed by atoms with Crippen molar-refractivity contribution in [3.63, 3.8) is 0 Å². The van der Waals surface area contributed by atoms with Crippen molar-refractivity contribution in [1.82, 2.24) is 0 Å². The van der Waals surface area contributed by atoms with Crippen molar-refractivity contribution in [3.8, 4) is 5.75 Å². The maximum Gasteiger partial charge on any atom is 0.224 e. The lowest BCUT2D eigenvalue weighted by Gasteiger charge is -2.15. The standard InChI is InChI=1S/C14H18F2N2O2.ClH/c1-20-13-7-9(15)12(6-10(13)16)18-14(19)5-8-3-2-4-11(8)17;/h6-8,11H,2-5,17H2,1H3,(H,18,19);1H/t8-,11+;/m0./s1. The monoisotopic (exact) mass is 320 g/mol. The van der Waals surface area contributed by atoms with Crippen molar-refractivity contribution in [2.24, 2.45) is 11.7 Å². The van der Waals surface area contributed by atoms with E-state index in [2.05, 4.69) is 10.1 Å². The second-order valence-electron chi connectivity index (χ2n) is 5.07. The van der Waals surface area contributed by atoms with Gasteiger partial charge < -0.3 is 15.8 Å². The molecule has 1 aliphatic carbocycles. The van der Waals surface area contributed by atoms with E-state index in [9.17, 15) is 13.6 Å². The zero-order chi connectivity index (χ0) is 14.7. The molecule has 2 rings (SSSR count). The lowest BCUT2D eigenvalue weighted by Crippen LogP contribution is -2.28. The highest BCUT2D eigenvalue weighted by molar-refractivity contribution is 5.91. The predicted octanol–water partition coefficient (Wildman–Crippen LogP) is 2.85. The van der Waals surface area contributed by atoms with Gasteiger partial charge in [0.15, 0.2) is 17.4 Å². The lowest BCUT2D eigenvalue weighted by molar-refractivity contribution is -0.117. The molecular formula is C14H19ClF2N2O2. The zero-order valence-corrected chi connectivity index (χ0v) is 12.5. The summed E-state index contributed by atoms with van der Waals surface area (Å²) in [5.74, 6) is -1.88. The first-order chi connectivity index (χ1) is 9.51. The van der Waals surface area contributed by atoms with E-state index in [0.717, 1.165) is 31.4 Å². The van der Waals surface area contributed by atoms with Gasteiger partial charge in [-0.3, -0.25) is 4.79 Å². The number of carbonyl (C=O) groups is 1. The van der Waals surface area contributed by atoms with Crippen LogP contribution in [0.1, 0.15) is 25.7 Å². The van der Waals surface area contributed by atoms with Crippen molar-refractivity contribution in [1.29, 1.82) is 0 Å². The highest BCUT2D eigenvalue weighted by atomic mass is 35.5. The van der Waals surface area contributed by atoms with Crippen LogP contribution in [-0.4, -0.2) is 19.1 Å². The van der Waals surface area contributed by atoms with Crippen molar-refractivity contribution in [2.45, 2.75) is 31.7 Å². The maximum absolute atomic E-state index is 13.7. The average molecular weight is 321 g/mol. The van der Waals surface area contributed by atoms with Crippen LogP contribution in [0.4, 0.5) is 14.5 Å². The number of nitrogens with two attached hydrogens (primary N) is 1. The van der Waals surface area contributed by atoms with Crippen LogP contribution in [0.5, 0.6) is 5.75 Å². The second-order valence-corrected chi connectivity index (χ2v) is 5.07. The smallest absolute Gasteiger partial charge is 0.224 e. The van der Waals surface area contributed by atoms with Gasteiger partial charge in [0.1, 0.15) is 0 Å². The number of methoxy groups -OCH3 is 1. The van der Waals surface area contributed by atoms with Crippen LogP contribution in [0, 0.1) is 17.6 Å². The fourth-order valence-corrected chi connectivity index (χ4v) is 2.54. The SMILES string of the molecule is COc1cc(F)c(NC(=O)C[C@@H]2CCC[C@H]2N)cc1F.Cl. The van der Waals surface area contributed by atoms with Crippen molar-refractivity contribution >= 4 is 24.0 Å². The van der Waals surface area contributed by atoms with Gasteiger partial charge in [-0.05, 0) is 18.8 Å². The summed E-state index contributed by atoms with van der Waals surface area (Å²) < 4.78 is 31.8. The number of anilines is 1. The van der Waals surface area contributed by atoms with Crippen LogP contribution >= 0.6 is 12.4 Å². The first-order valence-electron chi connectivity index (χ1n) is 6.59. The van der Waals surface area contributed by atoms with Gasteiger partial charge in [-0.1, -0.05) is 6.42 Å². The number of amides is 1. The third-order valence-electron chi connectivity index (χ3n) is 3.68. The molecule has 0 aliphatic heterocycles. The summed E-state index contributed by atoms with van der Waals surface area (Å²) in [6.45, 7) is 0. The molecule has 0 aromatic heterocycles. The molecule has 4 nitrogen and oxygen atoms in total. The first kappa shape index (κ1) is 17.7. The van der Waals surface area contributed by atoms with E-state index in [1.807, 2.05) is 0 Å². The Kier molecular flexibility index (Phi) is 6.36. The van der Waals surface area contributed by atoms with Crippen LogP contribution in [0.3, 0.4) is 0 Å². The molecule has 118 valence electrons. The molecule has 21 heavy (non-hydrogen) atoms. The van der Waals surface area contributed by atoms with Gasteiger partial charge >= 0.3 is 0 Å². The lowest BCUT2D eigenvalue weighted by atomic mass is 10.00. The van der Waals surface area contributed by atoms with E-state index in [-0.39, 0.29) is 48.1 Å². The van der Waals surface area contributed by atoms with Crippen LogP contribution in [0.15, 0.2) is 12.1 Å². The number of rotatable bonds is 4. The fourth-order valence-electron chi connectivity index (χ4n) is 2.54. The van der Waals surface area contributed by atoms with Crippen molar-refractivity contribution in [2.75, 3.05) is 12.4 Å². The number of hydrogen-bond acceptors (Lipinski definition) is 3. The van der Waals surface area contributed by atoms with Gasteiger partial charge in [0.05, 0.1) is 12.8 Å². The summed E-state index contributed by atoms with van der Waals surface area (Å²) in [6, 6.07) is 1.84. The Morgan fingerprint density at radius 2 is 2.10 bits per heavy atom. The summed E-state index contributed by atoms with van der Waals surface area (Å²) >= 11 is 0. The topological polar surface area (TPSA) is 64.3 Å². The molecule has 0 saturated heterocycles. The first-order valence-corrected chi connectivity index (χ1v) is 6.59. The van der Waals surface area contributed by atoms with E-state index in [0.29, 0.717) is 0 Å². The van der Waals surface area contributed by atoms with Crippen molar-refractivity contribution < 1.29 is 18.3 Å². The summed E-state index contributed by atoms with van der Waals surface area (Å²) in [7, 11) is 1.25. The maximum atomic E-state index is 13.7. The van der Waals surface area contributed by atoms with Crippen LogP contribution in [-0.2, 0) is 4.79 Å². The molecule has 1 saturated carbocycles. The van der Waals surface area contributed by atoms with Crippen LogP contribution < -0.4 is 15.8 Å². The number of carbonyl (C=O) groups excluding carboxylic acids is 1. The molecule has 0 unspecified atom stereocenters. The second kappa shape index (κ2) is 7.56. The van der Waals surface area contributed by atoms with E-state index < -0.39 is 11.6 Å². The minimum atomic E-state index is -0.729. The minimum Gasteiger partial charge on any atom is -0.494 e. The molecule has 1 amide bonds. The van der Waals surface area contributed by atoms with Crippen LogP contribution in [0.2, 0.25) is 0 Å². The highest BCUT2D eigenvalue weighted by Crippen LogP contribution is 2.28. The molecule has 1 aliphatic rings. The Balaban J connectivity index is 0.00000220. The molecule has 2 atom stereocenters. The van der Waals surface area contributed by atoms with Gasteiger partial charge in [0.2, 0.25) is 5.91 Å². The van der Waals surface area contributed by atoms with Crippen molar-refractivity contribution in [3.05, 3.63) is 23.8 Å². The van der Waals surface area contributed by atoms with E-state index in [4.69, 9.17) is 5.73 Å².